The first-order chi connectivity index (χ1) is 2.00. The Morgan fingerprint density at radius 2 is 1.43 bits per heavy atom. The van der Waals surface area contributed by atoms with Crippen LogP contribution in [0.15, 0.2) is 0 Å². The Hall–Kier alpha value is 2.00. The SMILES string of the molecule is O=S(=O)(O)S.[Au].[NaH]. The molecule has 0 unspecified atom stereocenters. The first kappa shape index (κ1) is 16.0. The van der Waals surface area contributed by atoms with Crippen LogP contribution in [0.5, 0.6) is 0 Å². The van der Waals surface area contributed by atoms with Crippen LogP contribution in [0, 0.1) is 0 Å². The normalized spacial score (nSPS) is 8.29. The molecule has 0 saturated carbocycles. The topological polar surface area (TPSA) is 54.4 Å². The molecule has 0 heterocycles. The van der Waals surface area contributed by atoms with Crippen LogP contribution in [0.4, 0.5) is 0 Å². The molecule has 0 fully saturated rings. The van der Waals surface area contributed by atoms with Crippen molar-refractivity contribution in [2.45, 2.75) is 0 Å². The Labute approximate surface area is 84.6 Å². The van der Waals surface area contributed by atoms with Gasteiger partial charge in [0.05, 0.1) is 0 Å². The molecule has 0 saturated heterocycles. The van der Waals surface area contributed by atoms with Gasteiger partial charge in [-0.05, 0) is 11.7 Å². The molecule has 0 aliphatic rings. The van der Waals surface area contributed by atoms with Crippen molar-refractivity contribution >= 4 is 50.4 Å². The van der Waals surface area contributed by atoms with Crippen molar-refractivity contribution in [1.82, 2.24) is 0 Å². The first-order valence-corrected chi connectivity index (χ1v) is 3.19. The van der Waals surface area contributed by atoms with Gasteiger partial charge in [0.1, 0.15) is 0 Å². The number of hydrogen-bond donors (Lipinski definition) is 2. The van der Waals surface area contributed by atoms with Gasteiger partial charge in [-0.15, -0.1) is 0 Å². The predicted octanol–water partition coefficient (Wildman–Crippen LogP) is -0.932. The molecule has 0 spiro atoms. The average Bonchev–Trinajstić information content (AvgIpc) is 0.722. The van der Waals surface area contributed by atoms with Crippen LogP contribution < -0.4 is 0 Å². The van der Waals surface area contributed by atoms with Crippen LogP contribution in [0.3, 0.4) is 0 Å². The fraction of sp³-hybridized carbons (Fsp3) is 0. The molecular weight excluding hydrogens is 332 g/mol. The van der Waals surface area contributed by atoms with Gasteiger partial charge in [-0.3, -0.25) is 4.55 Å². The summed E-state index contributed by atoms with van der Waals surface area (Å²) in [5, 5.41) is 0. The average molecular weight is 335 g/mol. The molecule has 0 aliphatic heterocycles. The van der Waals surface area contributed by atoms with Gasteiger partial charge >= 0.3 is 38.7 Å². The minimum atomic E-state index is -3.97. The summed E-state index contributed by atoms with van der Waals surface area (Å²) in [5.41, 5.74) is 0. The molecule has 0 aromatic heterocycles. The Bertz CT molecular complexity index is 96.1. The molecule has 0 amide bonds. The number of thiol groups is 1. The van der Waals surface area contributed by atoms with Gasteiger partial charge in [-0.25, -0.2) is 0 Å². The van der Waals surface area contributed by atoms with Gasteiger partial charge < -0.3 is 0 Å². The van der Waals surface area contributed by atoms with Crippen molar-refractivity contribution < 1.29 is 35.4 Å². The fourth-order valence-electron chi connectivity index (χ4n) is 0. The Morgan fingerprint density at radius 3 is 1.43 bits per heavy atom. The molecule has 1 radical (unpaired) electrons. The molecule has 0 rings (SSSR count). The summed E-state index contributed by atoms with van der Waals surface area (Å²) in [6, 6.07) is 0. The first-order valence-electron chi connectivity index (χ1n) is 0.698. The zero-order chi connectivity index (χ0) is 4.50. The van der Waals surface area contributed by atoms with Gasteiger partial charge in [0.25, 0.3) is 0 Å². The Kier molecular flexibility index (Phi) is 14.0. The van der Waals surface area contributed by atoms with Crippen molar-refractivity contribution in [3.8, 4) is 0 Å². The van der Waals surface area contributed by atoms with Crippen LogP contribution in [0.1, 0.15) is 0 Å². The Morgan fingerprint density at radius 1 is 1.43 bits per heavy atom. The molecule has 0 aromatic carbocycles. The molecule has 7 heavy (non-hydrogen) atoms. The summed E-state index contributed by atoms with van der Waals surface area (Å²) in [7, 11) is -3.97. The van der Waals surface area contributed by atoms with E-state index in [1.54, 1.807) is 0 Å². The van der Waals surface area contributed by atoms with Crippen molar-refractivity contribution in [2.24, 2.45) is 0 Å². The minimum absolute atomic E-state index is 0. The van der Waals surface area contributed by atoms with Gasteiger partial charge in [0.2, 0.25) is 0 Å². The van der Waals surface area contributed by atoms with E-state index in [-0.39, 0.29) is 51.9 Å². The maximum absolute atomic E-state index is 9.05. The summed E-state index contributed by atoms with van der Waals surface area (Å²) in [5.74, 6) is 0. The zero-order valence-electron chi connectivity index (χ0n) is 2.42. The third-order valence-corrected chi connectivity index (χ3v) is 0. The van der Waals surface area contributed by atoms with Crippen LogP contribution in [0.2, 0.25) is 0 Å². The standard InChI is InChI=1S/Au.Na.H2O3S2.H/c;;1-5(2,3)4;/h;;(H2,1,2,3,4);. The summed E-state index contributed by atoms with van der Waals surface area (Å²) in [6.07, 6.45) is 0. The molecule has 7 heteroatoms. The van der Waals surface area contributed by atoms with E-state index in [1.165, 1.54) is 0 Å². The van der Waals surface area contributed by atoms with Crippen molar-refractivity contribution in [3.63, 3.8) is 0 Å². The van der Waals surface area contributed by atoms with Gasteiger partial charge in [-0.2, -0.15) is 8.42 Å². The van der Waals surface area contributed by atoms with Crippen LogP contribution in [-0.2, 0) is 31.5 Å². The molecule has 45 valence electrons. The number of rotatable bonds is 0. The van der Waals surface area contributed by atoms with Crippen molar-refractivity contribution in [3.05, 3.63) is 0 Å². The van der Waals surface area contributed by atoms with Gasteiger partial charge in [0, 0.05) is 22.4 Å². The zero-order valence-corrected chi connectivity index (χ0v) is 6.30. The van der Waals surface area contributed by atoms with Gasteiger partial charge in [-0.1, -0.05) is 0 Å². The van der Waals surface area contributed by atoms with E-state index in [0.29, 0.717) is 0 Å². The molecule has 0 bridgehead atoms. The number of hydrogen-bond acceptors (Lipinski definition) is 2. The van der Waals surface area contributed by atoms with Crippen molar-refractivity contribution in [2.75, 3.05) is 0 Å². The molecule has 3 nitrogen and oxygen atoms in total. The Balaban J connectivity index is -0.0000000800. The summed E-state index contributed by atoms with van der Waals surface area (Å²) >= 11 is 2.65. The third kappa shape index (κ3) is 72.0. The maximum atomic E-state index is 9.05. The van der Waals surface area contributed by atoms with E-state index in [2.05, 4.69) is 11.7 Å². The molecular formula is H3AuNaO3S2. The second kappa shape index (κ2) is 6.13. The van der Waals surface area contributed by atoms with E-state index < -0.39 is 9.15 Å². The van der Waals surface area contributed by atoms with E-state index in [4.69, 9.17) is 13.0 Å². The molecule has 1 N–H and O–H groups in total. The monoisotopic (exact) mass is 335 g/mol. The van der Waals surface area contributed by atoms with Crippen molar-refractivity contribution in [1.29, 1.82) is 0 Å². The van der Waals surface area contributed by atoms with E-state index in [1.807, 2.05) is 0 Å². The van der Waals surface area contributed by atoms with Crippen LogP contribution in [-0.4, -0.2) is 42.5 Å². The van der Waals surface area contributed by atoms with E-state index in [9.17, 15) is 0 Å². The molecule has 0 atom stereocenters. The second-order valence-electron chi connectivity index (χ2n) is 0.448. The molecule has 0 aromatic rings. The van der Waals surface area contributed by atoms with Crippen LogP contribution in [0.25, 0.3) is 0 Å². The van der Waals surface area contributed by atoms with E-state index >= 15 is 0 Å². The third-order valence-electron chi connectivity index (χ3n) is 0. The second-order valence-corrected chi connectivity index (χ2v) is 2.73. The quantitative estimate of drug-likeness (QED) is 0.260. The fourth-order valence-corrected chi connectivity index (χ4v) is 0. The van der Waals surface area contributed by atoms with Gasteiger partial charge in [0.15, 0.2) is 0 Å². The summed E-state index contributed by atoms with van der Waals surface area (Å²) in [4.78, 5) is 0. The predicted molar refractivity (Wildman–Crippen MR) is 27.7 cm³/mol. The molecule has 0 aliphatic carbocycles. The summed E-state index contributed by atoms with van der Waals surface area (Å²) < 4.78 is 25.5. The van der Waals surface area contributed by atoms with E-state index in [0.717, 1.165) is 0 Å². The van der Waals surface area contributed by atoms with Crippen LogP contribution >= 0.6 is 11.7 Å². The summed E-state index contributed by atoms with van der Waals surface area (Å²) in [6.45, 7) is 0.